The molecule has 150 valence electrons. The Hall–Kier alpha value is -2.83. The molecule has 1 aliphatic carbocycles. The molecule has 7 heteroatoms. The highest BCUT2D eigenvalue weighted by atomic mass is 35.5. The molecular weight excluding hydrogens is 392 g/mol. The molecule has 1 N–H and O–H groups in total. The quantitative estimate of drug-likeness (QED) is 0.611. The number of aliphatic hydroxyl groups excluding tert-OH is 1. The summed E-state index contributed by atoms with van der Waals surface area (Å²) in [5, 5.41) is 10.4. The molecule has 1 aromatic carbocycles. The first kappa shape index (κ1) is 19.5. The first-order valence-corrected chi connectivity index (χ1v) is 9.83. The van der Waals surface area contributed by atoms with Crippen molar-refractivity contribution >= 4 is 11.6 Å². The van der Waals surface area contributed by atoms with Gasteiger partial charge in [-0.3, -0.25) is 14.3 Å². The Morgan fingerprint density at radius 2 is 1.90 bits per heavy atom. The molecule has 0 aliphatic heterocycles. The monoisotopic (exact) mass is 412 g/mol. The summed E-state index contributed by atoms with van der Waals surface area (Å²) in [6, 6.07) is 13.9. The van der Waals surface area contributed by atoms with Gasteiger partial charge < -0.3 is 14.6 Å². The number of halogens is 1. The van der Waals surface area contributed by atoms with Crippen LogP contribution >= 0.6 is 11.6 Å². The van der Waals surface area contributed by atoms with Crippen molar-refractivity contribution in [2.75, 3.05) is 6.61 Å². The maximum absolute atomic E-state index is 12.5. The minimum absolute atomic E-state index is 0.204. The van der Waals surface area contributed by atoms with Crippen LogP contribution in [-0.4, -0.2) is 27.4 Å². The third kappa shape index (κ3) is 5.16. The van der Waals surface area contributed by atoms with Crippen molar-refractivity contribution in [3.05, 3.63) is 82.0 Å². The fraction of sp³-hybridized carbons (Fsp3) is 0.273. The molecule has 2 heterocycles. The Morgan fingerprint density at radius 3 is 2.55 bits per heavy atom. The topological polar surface area (TPSA) is 73.6 Å². The molecule has 6 nitrogen and oxygen atoms in total. The molecule has 3 aromatic rings. The van der Waals surface area contributed by atoms with Crippen LogP contribution in [0, 0.1) is 5.92 Å². The van der Waals surface area contributed by atoms with Crippen LogP contribution in [0.5, 0.6) is 11.5 Å². The summed E-state index contributed by atoms with van der Waals surface area (Å²) < 4.78 is 12.8. The fourth-order valence-corrected chi connectivity index (χ4v) is 3.03. The number of hydrogen-bond donors (Lipinski definition) is 1. The third-order valence-corrected chi connectivity index (χ3v) is 4.99. The Bertz CT molecular complexity index is 1010. The number of benzene rings is 1. The standard InChI is InChI=1S/C22H21ClN2O4/c23-16-3-4-17(24-12-16)13-28-20-9-10-25(22(27)11-20)18-5-7-19(8-6-18)29-14-21(26)15-1-2-15/h3-12,15,21,26H,1-2,13-14H2. The van der Waals surface area contributed by atoms with Gasteiger partial charge in [-0.2, -0.15) is 0 Å². The minimum Gasteiger partial charge on any atom is -0.491 e. The van der Waals surface area contributed by atoms with E-state index in [1.165, 1.54) is 10.6 Å². The van der Waals surface area contributed by atoms with E-state index in [-0.39, 0.29) is 12.2 Å². The van der Waals surface area contributed by atoms with Gasteiger partial charge in [-0.25, -0.2) is 0 Å². The van der Waals surface area contributed by atoms with Gasteiger partial charge in [0.15, 0.2) is 0 Å². The molecule has 1 unspecified atom stereocenters. The minimum atomic E-state index is -0.409. The zero-order chi connectivity index (χ0) is 20.2. The van der Waals surface area contributed by atoms with Gasteiger partial charge in [-0.05, 0) is 61.2 Å². The summed E-state index contributed by atoms with van der Waals surface area (Å²) >= 11 is 5.81. The average molecular weight is 413 g/mol. The third-order valence-electron chi connectivity index (χ3n) is 4.77. The molecule has 4 rings (SSSR count). The maximum Gasteiger partial charge on any atom is 0.258 e. The molecule has 1 atom stereocenters. The van der Waals surface area contributed by atoms with Crippen LogP contribution in [-0.2, 0) is 6.61 Å². The Labute approximate surface area is 173 Å². The number of nitrogens with zero attached hydrogens (tertiary/aromatic N) is 2. The average Bonchev–Trinajstić information content (AvgIpc) is 3.58. The fourth-order valence-electron chi connectivity index (χ4n) is 2.91. The van der Waals surface area contributed by atoms with Gasteiger partial charge in [0.05, 0.1) is 16.8 Å². The molecule has 0 amide bonds. The first-order chi connectivity index (χ1) is 14.1. The van der Waals surface area contributed by atoms with Crippen molar-refractivity contribution in [2.24, 2.45) is 5.92 Å². The maximum atomic E-state index is 12.5. The van der Waals surface area contributed by atoms with E-state index in [0.29, 0.717) is 29.0 Å². The predicted molar refractivity (Wildman–Crippen MR) is 110 cm³/mol. The van der Waals surface area contributed by atoms with Crippen molar-refractivity contribution in [3.63, 3.8) is 0 Å². The van der Waals surface area contributed by atoms with Crippen LogP contribution in [0.25, 0.3) is 5.69 Å². The van der Waals surface area contributed by atoms with E-state index in [2.05, 4.69) is 4.98 Å². The van der Waals surface area contributed by atoms with Crippen LogP contribution in [0.4, 0.5) is 0 Å². The lowest BCUT2D eigenvalue weighted by molar-refractivity contribution is 0.0894. The van der Waals surface area contributed by atoms with E-state index in [9.17, 15) is 9.90 Å². The number of aromatic nitrogens is 2. The van der Waals surface area contributed by atoms with E-state index >= 15 is 0 Å². The summed E-state index contributed by atoms with van der Waals surface area (Å²) in [4.78, 5) is 16.6. The van der Waals surface area contributed by atoms with Crippen molar-refractivity contribution in [3.8, 4) is 17.2 Å². The molecular formula is C22H21ClN2O4. The lowest BCUT2D eigenvalue weighted by atomic mass is 10.2. The smallest absolute Gasteiger partial charge is 0.258 e. The van der Waals surface area contributed by atoms with Gasteiger partial charge in [0.2, 0.25) is 0 Å². The normalized spacial score (nSPS) is 14.4. The van der Waals surface area contributed by atoms with Crippen molar-refractivity contribution in [2.45, 2.75) is 25.6 Å². The van der Waals surface area contributed by atoms with Gasteiger partial charge in [-0.15, -0.1) is 0 Å². The van der Waals surface area contributed by atoms with E-state index < -0.39 is 6.10 Å². The Balaban J connectivity index is 1.38. The number of aliphatic hydroxyl groups is 1. The van der Waals surface area contributed by atoms with Crippen molar-refractivity contribution in [1.29, 1.82) is 0 Å². The van der Waals surface area contributed by atoms with Crippen LogP contribution in [0.15, 0.2) is 65.7 Å². The van der Waals surface area contributed by atoms with Gasteiger partial charge in [0.1, 0.15) is 24.7 Å². The number of rotatable bonds is 8. The number of pyridine rings is 2. The van der Waals surface area contributed by atoms with Gasteiger partial charge in [0.25, 0.3) is 5.56 Å². The molecule has 1 saturated carbocycles. The highest BCUT2D eigenvalue weighted by Gasteiger charge is 2.29. The van der Waals surface area contributed by atoms with Crippen LogP contribution in [0.2, 0.25) is 5.02 Å². The molecule has 0 saturated heterocycles. The Kier molecular flexibility index (Phi) is 5.83. The second-order valence-corrected chi connectivity index (χ2v) is 7.47. The van der Waals surface area contributed by atoms with Crippen LogP contribution in [0.1, 0.15) is 18.5 Å². The molecule has 0 radical (unpaired) electrons. The van der Waals surface area contributed by atoms with E-state index in [1.807, 2.05) is 0 Å². The van der Waals surface area contributed by atoms with Crippen molar-refractivity contribution < 1.29 is 14.6 Å². The highest BCUT2D eigenvalue weighted by molar-refractivity contribution is 6.30. The lowest BCUT2D eigenvalue weighted by Crippen LogP contribution is -2.19. The summed E-state index contributed by atoms with van der Waals surface area (Å²) in [5.74, 6) is 1.51. The molecule has 0 spiro atoms. The zero-order valence-corrected chi connectivity index (χ0v) is 16.5. The molecule has 0 bridgehead atoms. The molecule has 1 fully saturated rings. The molecule has 29 heavy (non-hydrogen) atoms. The zero-order valence-electron chi connectivity index (χ0n) is 15.7. The van der Waals surface area contributed by atoms with E-state index in [0.717, 1.165) is 24.2 Å². The van der Waals surface area contributed by atoms with Crippen molar-refractivity contribution in [1.82, 2.24) is 9.55 Å². The second-order valence-electron chi connectivity index (χ2n) is 7.04. The predicted octanol–water partition coefficient (Wildman–Crippen LogP) is 3.61. The molecule has 1 aliphatic rings. The number of hydrogen-bond acceptors (Lipinski definition) is 5. The molecule has 2 aromatic heterocycles. The SMILES string of the molecule is O=c1cc(OCc2ccc(Cl)cn2)ccn1-c1ccc(OCC(O)C2CC2)cc1. The summed E-state index contributed by atoms with van der Waals surface area (Å²) in [7, 11) is 0. The van der Waals surface area contributed by atoms with E-state index in [4.69, 9.17) is 21.1 Å². The van der Waals surface area contributed by atoms with Crippen LogP contribution < -0.4 is 15.0 Å². The summed E-state index contributed by atoms with van der Waals surface area (Å²) in [6.45, 7) is 0.540. The summed E-state index contributed by atoms with van der Waals surface area (Å²) in [5.41, 5.74) is 1.24. The highest BCUT2D eigenvalue weighted by Crippen LogP contribution is 2.32. The lowest BCUT2D eigenvalue weighted by Gasteiger charge is -2.12. The first-order valence-electron chi connectivity index (χ1n) is 9.46. The van der Waals surface area contributed by atoms with Gasteiger partial charge in [0, 0.05) is 24.1 Å². The van der Waals surface area contributed by atoms with Gasteiger partial charge >= 0.3 is 0 Å². The summed E-state index contributed by atoms with van der Waals surface area (Å²) in [6.07, 6.45) is 4.95. The Morgan fingerprint density at radius 1 is 1.10 bits per heavy atom. The van der Waals surface area contributed by atoms with E-state index in [1.54, 1.807) is 54.9 Å². The van der Waals surface area contributed by atoms with Gasteiger partial charge in [-0.1, -0.05) is 11.6 Å². The largest absolute Gasteiger partial charge is 0.491 e. The second kappa shape index (κ2) is 8.68. The van der Waals surface area contributed by atoms with Crippen LogP contribution in [0.3, 0.4) is 0 Å². The number of ether oxygens (including phenoxy) is 2.